The van der Waals surface area contributed by atoms with Gasteiger partial charge in [0.15, 0.2) is 0 Å². The average Bonchev–Trinajstić information content (AvgIpc) is 2.24. The van der Waals surface area contributed by atoms with Crippen LogP contribution in [-0.2, 0) is 4.74 Å². The molecule has 0 aliphatic heterocycles. The van der Waals surface area contributed by atoms with Crippen LogP contribution in [0.15, 0.2) is 24.3 Å². The van der Waals surface area contributed by atoms with E-state index < -0.39 is 17.8 Å². The SMILES string of the molecule is CC(C)(C)OC(=O)NCC(O)c1ccc(F)cc1. The zero-order chi connectivity index (χ0) is 13.8. The molecule has 0 spiro atoms. The predicted octanol–water partition coefficient (Wildman–Crippen LogP) is 2.38. The molecule has 4 nitrogen and oxygen atoms in total. The van der Waals surface area contributed by atoms with Gasteiger partial charge in [-0.05, 0) is 38.5 Å². The first-order valence-corrected chi connectivity index (χ1v) is 5.68. The number of benzene rings is 1. The van der Waals surface area contributed by atoms with E-state index in [1.165, 1.54) is 24.3 Å². The zero-order valence-corrected chi connectivity index (χ0v) is 10.7. The Balaban J connectivity index is 2.44. The highest BCUT2D eigenvalue weighted by atomic mass is 19.1. The minimum Gasteiger partial charge on any atom is -0.444 e. The number of nitrogens with one attached hydrogen (secondary N) is 1. The van der Waals surface area contributed by atoms with Crippen LogP contribution in [0.5, 0.6) is 0 Å². The van der Waals surface area contributed by atoms with E-state index in [0.29, 0.717) is 5.56 Å². The van der Waals surface area contributed by atoms with Crippen LogP contribution in [0.4, 0.5) is 9.18 Å². The summed E-state index contributed by atoms with van der Waals surface area (Å²) in [6.45, 7) is 5.27. The Bertz CT molecular complexity index is 398. The fraction of sp³-hybridized carbons (Fsp3) is 0.462. The van der Waals surface area contributed by atoms with Crippen LogP contribution in [0.2, 0.25) is 0 Å². The fourth-order valence-corrected chi connectivity index (χ4v) is 1.30. The molecule has 0 aliphatic carbocycles. The number of halogens is 1. The molecule has 0 radical (unpaired) electrons. The van der Waals surface area contributed by atoms with E-state index in [0.717, 1.165) is 0 Å². The van der Waals surface area contributed by atoms with Crippen molar-refractivity contribution in [3.63, 3.8) is 0 Å². The molecule has 0 aromatic heterocycles. The fourth-order valence-electron chi connectivity index (χ4n) is 1.30. The highest BCUT2D eigenvalue weighted by Crippen LogP contribution is 2.13. The van der Waals surface area contributed by atoms with E-state index in [1.807, 2.05) is 0 Å². The normalized spacial score (nSPS) is 12.9. The molecular weight excluding hydrogens is 237 g/mol. The molecule has 100 valence electrons. The Morgan fingerprint density at radius 3 is 2.44 bits per heavy atom. The topological polar surface area (TPSA) is 58.6 Å². The van der Waals surface area contributed by atoms with Crippen LogP contribution in [0.3, 0.4) is 0 Å². The van der Waals surface area contributed by atoms with Gasteiger partial charge in [-0.3, -0.25) is 0 Å². The molecule has 0 bridgehead atoms. The quantitative estimate of drug-likeness (QED) is 0.871. The van der Waals surface area contributed by atoms with Gasteiger partial charge in [0.05, 0.1) is 12.6 Å². The largest absolute Gasteiger partial charge is 0.444 e. The third kappa shape index (κ3) is 5.14. The summed E-state index contributed by atoms with van der Waals surface area (Å²) < 4.78 is 17.7. The summed E-state index contributed by atoms with van der Waals surface area (Å²) in [5.74, 6) is -0.369. The lowest BCUT2D eigenvalue weighted by atomic mass is 10.1. The lowest BCUT2D eigenvalue weighted by molar-refractivity contribution is 0.0491. The van der Waals surface area contributed by atoms with Gasteiger partial charge in [-0.15, -0.1) is 0 Å². The van der Waals surface area contributed by atoms with Crippen molar-refractivity contribution in [2.24, 2.45) is 0 Å². The van der Waals surface area contributed by atoms with Crippen LogP contribution in [0.25, 0.3) is 0 Å². The summed E-state index contributed by atoms with van der Waals surface area (Å²) in [4.78, 5) is 11.3. The Morgan fingerprint density at radius 1 is 1.39 bits per heavy atom. The number of rotatable bonds is 3. The smallest absolute Gasteiger partial charge is 0.407 e. The predicted molar refractivity (Wildman–Crippen MR) is 65.6 cm³/mol. The van der Waals surface area contributed by atoms with Crippen molar-refractivity contribution in [1.29, 1.82) is 0 Å². The van der Waals surface area contributed by atoms with Gasteiger partial charge in [0.1, 0.15) is 11.4 Å². The standard InChI is InChI=1S/C13H18FNO3/c1-13(2,3)18-12(17)15-8-11(16)9-4-6-10(14)7-5-9/h4-7,11,16H,8H2,1-3H3,(H,15,17). The second-order valence-corrected chi connectivity index (χ2v) is 4.95. The molecule has 1 unspecified atom stereocenters. The number of aliphatic hydroxyl groups excluding tert-OH is 1. The number of carbonyl (C=O) groups excluding carboxylic acids is 1. The van der Waals surface area contributed by atoms with Crippen molar-refractivity contribution in [1.82, 2.24) is 5.32 Å². The first-order valence-electron chi connectivity index (χ1n) is 5.68. The minimum absolute atomic E-state index is 0.0144. The minimum atomic E-state index is -0.891. The Hall–Kier alpha value is -1.62. The second-order valence-electron chi connectivity index (χ2n) is 4.95. The van der Waals surface area contributed by atoms with E-state index in [9.17, 15) is 14.3 Å². The van der Waals surface area contributed by atoms with E-state index in [2.05, 4.69) is 5.32 Å². The van der Waals surface area contributed by atoms with E-state index in [-0.39, 0.29) is 12.4 Å². The Kier molecular flexibility index (Phi) is 4.67. The molecule has 1 atom stereocenters. The number of carbonyl (C=O) groups is 1. The van der Waals surface area contributed by atoms with Crippen LogP contribution in [-0.4, -0.2) is 23.3 Å². The number of hydrogen-bond acceptors (Lipinski definition) is 3. The summed E-state index contributed by atoms with van der Waals surface area (Å²) >= 11 is 0. The lowest BCUT2D eigenvalue weighted by Crippen LogP contribution is -2.34. The van der Waals surface area contributed by atoms with Crippen molar-refractivity contribution in [2.45, 2.75) is 32.5 Å². The molecule has 5 heteroatoms. The summed E-state index contributed by atoms with van der Waals surface area (Å²) in [6, 6.07) is 5.45. The molecule has 0 saturated heterocycles. The summed E-state index contributed by atoms with van der Waals surface area (Å²) in [7, 11) is 0. The second kappa shape index (κ2) is 5.82. The molecular formula is C13H18FNO3. The van der Waals surface area contributed by atoms with Crippen molar-refractivity contribution in [2.75, 3.05) is 6.54 Å². The van der Waals surface area contributed by atoms with Gasteiger partial charge < -0.3 is 15.2 Å². The maximum atomic E-state index is 12.7. The van der Waals surface area contributed by atoms with Crippen LogP contribution in [0.1, 0.15) is 32.4 Å². The number of hydrogen-bond donors (Lipinski definition) is 2. The molecule has 1 amide bonds. The van der Waals surface area contributed by atoms with Crippen molar-refractivity contribution < 1.29 is 19.0 Å². The number of amides is 1. The van der Waals surface area contributed by atoms with Crippen LogP contribution < -0.4 is 5.32 Å². The number of alkyl carbamates (subject to hydrolysis) is 1. The van der Waals surface area contributed by atoms with Gasteiger partial charge in [-0.1, -0.05) is 12.1 Å². The van der Waals surface area contributed by atoms with E-state index in [1.54, 1.807) is 20.8 Å². The molecule has 2 N–H and O–H groups in total. The molecule has 1 aromatic carbocycles. The van der Waals surface area contributed by atoms with Gasteiger partial charge in [-0.25, -0.2) is 9.18 Å². The van der Waals surface area contributed by atoms with Crippen LogP contribution in [0, 0.1) is 5.82 Å². The molecule has 1 aromatic rings. The van der Waals surface area contributed by atoms with Gasteiger partial charge in [0.25, 0.3) is 0 Å². The molecule has 1 rings (SSSR count). The highest BCUT2D eigenvalue weighted by Gasteiger charge is 2.17. The Labute approximate surface area is 106 Å². The van der Waals surface area contributed by atoms with Gasteiger partial charge in [0, 0.05) is 0 Å². The Morgan fingerprint density at radius 2 is 1.94 bits per heavy atom. The van der Waals surface area contributed by atoms with Gasteiger partial charge >= 0.3 is 6.09 Å². The summed E-state index contributed by atoms with van der Waals surface area (Å²) in [5, 5.41) is 12.2. The highest BCUT2D eigenvalue weighted by molar-refractivity contribution is 5.67. The molecule has 0 aliphatic rings. The monoisotopic (exact) mass is 255 g/mol. The third-order valence-electron chi connectivity index (χ3n) is 2.09. The first-order chi connectivity index (χ1) is 8.28. The maximum Gasteiger partial charge on any atom is 0.407 e. The van der Waals surface area contributed by atoms with E-state index >= 15 is 0 Å². The van der Waals surface area contributed by atoms with E-state index in [4.69, 9.17) is 4.74 Å². The molecule has 0 fully saturated rings. The summed E-state index contributed by atoms with van der Waals surface area (Å²) in [6.07, 6.45) is -1.48. The van der Waals surface area contributed by atoms with Crippen molar-refractivity contribution in [3.05, 3.63) is 35.6 Å². The summed E-state index contributed by atoms with van der Waals surface area (Å²) in [5.41, 5.74) is -0.0438. The lowest BCUT2D eigenvalue weighted by Gasteiger charge is -2.20. The molecule has 18 heavy (non-hydrogen) atoms. The average molecular weight is 255 g/mol. The van der Waals surface area contributed by atoms with Gasteiger partial charge in [-0.2, -0.15) is 0 Å². The zero-order valence-electron chi connectivity index (χ0n) is 10.7. The third-order valence-corrected chi connectivity index (χ3v) is 2.09. The van der Waals surface area contributed by atoms with Crippen molar-refractivity contribution in [3.8, 4) is 0 Å². The van der Waals surface area contributed by atoms with Gasteiger partial charge in [0.2, 0.25) is 0 Å². The molecule has 0 saturated carbocycles. The first kappa shape index (κ1) is 14.4. The number of ether oxygens (including phenoxy) is 1. The molecule has 0 heterocycles. The van der Waals surface area contributed by atoms with Crippen molar-refractivity contribution >= 4 is 6.09 Å². The number of aliphatic hydroxyl groups is 1. The van der Waals surface area contributed by atoms with Crippen LogP contribution >= 0.6 is 0 Å². The maximum absolute atomic E-state index is 12.7.